The molecule has 46 heavy (non-hydrogen) atoms. The number of aliphatic hydroxyl groups excluding tert-OH is 2. The summed E-state index contributed by atoms with van der Waals surface area (Å²) in [5, 5.41) is 20.8. The molecule has 0 atom stereocenters. The maximum Gasteiger partial charge on any atom is 0.223 e. The van der Waals surface area contributed by atoms with E-state index in [9.17, 15) is 13.2 Å². The summed E-state index contributed by atoms with van der Waals surface area (Å²) in [6.07, 6.45) is 5.43. The molecule has 5 rings (SSSR count). The van der Waals surface area contributed by atoms with Gasteiger partial charge < -0.3 is 32.1 Å². The highest BCUT2D eigenvalue weighted by molar-refractivity contribution is 6.02. The summed E-state index contributed by atoms with van der Waals surface area (Å²) in [6, 6.07) is 11.1. The first kappa shape index (κ1) is 42.2. The quantitative estimate of drug-likeness (QED) is 0.202. The van der Waals surface area contributed by atoms with E-state index in [2.05, 4.69) is 29.5 Å². The number of benzene rings is 2. The van der Waals surface area contributed by atoms with Crippen LogP contribution in [-0.4, -0.2) is 64.7 Å². The van der Waals surface area contributed by atoms with Crippen molar-refractivity contribution in [3.05, 3.63) is 82.9 Å². The normalized spacial score (nSPS) is 14.0. The van der Waals surface area contributed by atoms with Crippen molar-refractivity contribution in [1.29, 1.82) is 0 Å². The van der Waals surface area contributed by atoms with Crippen LogP contribution in [-0.2, 0) is 0 Å². The average Bonchev–Trinajstić information content (AvgIpc) is 3.08. The van der Waals surface area contributed by atoms with E-state index in [4.69, 9.17) is 25.9 Å². The Morgan fingerprint density at radius 1 is 0.935 bits per heavy atom. The van der Waals surface area contributed by atoms with Gasteiger partial charge in [-0.05, 0) is 81.9 Å². The molecule has 1 aromatic heterocycles. The Hall–Kier alpha value is -3.84. The number of piperidine rings is 1. The Bertz CT molecular complexity index is 1370. The monoisotopic (exact) mass is 652 g/mol. The molecule has 9 nitrogen and oxygen atoms in total. The lowest BCUT2D eigenvalue weighted by Gasteiger charge is -2.24. The number of aromatic nitrogens is 2. The topological polar surface area (TPSA) is 160 Å². The van der Waals surface area contributed by atoms with Gasteiger partial charge in [0.05, 0.1) is 17.1 Å². The molecular formula is C34H55F3N6O3. The predicted octanol–water partition coefficient (Wildman–Crippen LogP) is 6.30. The van der Waals surface area contributed by atoms with Crippen LogP contribution in [0.4, 0.5) is 24.8 Å². The van der Waals surface area contributed by atoms with Gasteiger partial charge in [0.1, 0.15) is 11.6 Å². The Kier molecular flexibility index (Phi) is 20.7. The number of halogens is 3. The van der Waals surface area contributed by atoms with Crippen molar-refractivity contribution in [1.82, 2.24) is 15.3 Å². The van der Waals surface area contributed by atoms with Crippen LogP contribution in [0.25, 0.3) is 11.3 Å². The number of allylic oxidation sites excluding steroid dienone is 1. The lowest BCUT2D eigenvalue weighted by molar-refractivity contribution is 0.399. The molecule has 2 aliphatic rings. The first-order valence-electron chi connectivity index (χ1n) is 15.2. The molecule has 3 aromatic rings. The standard InChI is InChI=1S/C23H29FN6.C7H6F2.C2H6.2CH4O.H2O.2H2/c1-14(2)19-7-6-16(22(29-19)17-4-3-5-18(25)21(17)24)20-10-13-27-23(30-20)28-15-8-11-26-12-9-15;1-5-6(8)3-2-4-7(5)9;3*1-2;;;/h3-5,10,13-15,26H,6-9,11-12,25H2,1-2H3,(H,27,28,30);2-4H,1H3;1-2H3;2*2H,1H3;1H2;2*1H. The summed E-state index contributed by atoms with van der Waals surface area (Å²) in [7, 11) is 2.00. The molecule has 1 saturated heterocycles. The third-order valence-corrected chi connectivity index (χ3v) is 6.96. The summed E-state index contributed by atoms with van der Waals surface area (Å²) in [6.45, 7) is 11.6. The van der Waals surface area contributed by atoms with Gasteiger partial charge >= 0.3 is 0 Å². The number of hydrogen-bond acceptors (Lipinski definition) is 8. The summed E-state index contributed by atoms with van der Waals surface area (Å²) in [5.74, 6) is -0.503. The largest absolute Gasteiger partial charge is 0.412 e. The molecule has 8 N–H and O–H groups in total. The minimum atomic E-state index is -0.491. The van der Waals surface area contributed by atoms with Gasteiger partial charge in [0, 0.05) is 51.7 Å². The third kappa shape index (κ3) is 12.2. The van der Waals surface area contributed by atoms with Crippen LogP contribution in [0, 0.1) is 30.3 Å². The van der Waals surface area contributed by atoms with E-state index in [1.54, 1.807) is 24.4 Å². The molecule has 12 heteroatoms. The second-order valence-electron chi connectivity index (χ2n) is 10.1. The molecule has 0 unspecified atom stereocenters. The van der Waals surface area contributed by atoms with E-state index in [1.165, 1.54) is 25.1 Å². The van der Waals surface area contributed by atoms with E-state index in [-0.39, 0.29) is 19.6 Å². The zero-order chi connectivity index (χ0) is 33.9. The Balaban J connectivity index is -0.000000958. The second kappa shape index (κ2) is 22.6. The number of rotatable bonds is 5. The molecule has 260 valence electrons. The highest BCUT2D eigenvalue weighted by Gasteiger charge is 2.24. The smallest absolute Gasteiger partial charge is 0.223 e. The van der Waals surface area contributed by atoms with E-state index in [0.717, 1.165) is 70.0 Å². The fraction of sp³-hybridized carbons (Fsp3) is 0.441. The first-order chi connectivity index (χ1) is 21.7. The van der Waals surface area contributed by atoms with Crippen LogP contribution in [0.3, 0.4) is 0 Å². The van der Waals surface area contributed by atoms with Gasteiger partial charge in [-0.3, -0.25) is 4.99 Å². The number of aliphatic hydroxyl groups is 2. The molecule has 0 radical (unpaired) electrons. The number of aliphatic imine (C=N–C) groups is 1. The van der Waals surface area contributed by atoms with E-state index < -0.39 is 17.5 Å². The Morgan fingerprint density at radius 2 is 1.52 bits per heavy atom. The van der Waals surface area contributed by atoms with E-state index >= 15 is 0 Å². The highest BCUT2D eigenvalue weighted by atomic mass is 19.1. The Labute approximate surface area is 274 Å². The van der Waals surface area contributed by atoms with Crippen LogP contribution in [0.1, 0.15) is 73.1 Å². The van der Waals surface area contributed by atoms with Gasteiger partial charge in [-0.15, -0.1) is 0 Å². The molecule has 0 spiro atoms. The molecule has 1 fully saturated rings. The van der Waals surface area contributed by atoms with Gasteiger partial charge in [0.15, 0.2) is 5.82 Å². The van der Waals surface area contributed by atoms with Crippen LogP contribution in [0.5, 0.6) is 0 Å². The zero-order valence-electron chi connectivity index (χ0n) is 28.0. The molecule has 0 aliphatic carbocycles. The van der Waals surface area contributed by atoms with Crippen LogP contribution in [0.15, 0.2) is 53.7 Å². The highest BCUT2D eigenvalue weighted by Crippen LogP contribution is 2.37. The fourth-order valence-electron chi connectivity index (χ4n) is 4.59. The van der Waals surface area contributed by atoms with Gasteiger partial charge in [0.25, 0.3) is 0 Å². The number of anilines is 2. The molecule has 2 aliphatic heterocycles. The second-order valence-corrected chi connectivity index (χ2v) is 10.1. The number of nitrogen functional groups attached to an aromatic ring is 1. The summed E-state index contributed by atoms with van der Waals surface area (Å²) in [4.78, 5) is 14.0. The van der Waals surface area contributed by atoms with Crippen molar-refractivity contribution < 1.29 is 31.7 Å². The average molecular weight is 653 g/mol. The maximum absolute atomic E-state index is 14.9. The summed E-state index contributed by atoms with van der Waals surface area (Å²) in [5.41, 5.74) is 9.89. The molecule has 0 bridgehead atoms. The fourth-order valence-corrected chi connectivity index (χ4v) is 4.59. The number of nitrogens with one attached hydrogen (secondary N) is 2. The lowest BCUT2D eigenvalue weighted by atomic mass is 9.91. The minimum absolute atomic E-state index is 0. The van der Waals surface area contributed by atoms with E-state index in [1.807, 2.05) is 19.9 Å². The van der Waals surface area contributed by atoms with Gasteiger partial charge in [-0.1, -0.05) is 39.8 Å². The number of hydrogen-bond donors (Lipinski definition) is 5. The SMILES string of the molecule is CC.CC(C)C1=NC(c2cccc(N)c2F)=C(c2ccnc(NC3CCNCC3)n2)CC1.CO.CO.Cc1c(F)cccc1F.O.[HH].[HH]. The minimum Gasteiger partial charge on any atom is -0.412 e. The molecule has 3 heterocycles. The van der Waals surface area contributed by atoms with Crippen molar-refractivity contribution in [3.63, 3.8) is 0 Å². The summed E-state index contributed by atoms with van der Waals surface area (Å²) >= 11 is 0. The Morgan fingerprint density at radius 3 is 2.09 bits per heavy atom. The maximum atomic E-state index is 14.9. The first-order valence-corrected chi connectivity index (χ1v) is 15.2. The van der Waals surface area contributed by atoms with Crippen molar-refractivity contribution in [2.24, 2.45) is 10.9 Å². The number of nitrogens with zero attached hydrogens (tertiary/aromatic N) is 3. The lowest BCUT2D eigenvalue weighted by Crippen LogP contribution is -2.35. The summed E-state index contributed by atoms with van der Waals surface area (Å²) < 4.78 is 39.6. The van der Waals surface area contributed by atoms with Crippen molar-refractivity contribution >= 4 is 28.6 Å². The molecular weight excluding hydrogens is 597 g/mol. The number of nitrogens with two attached hydrogens (primary N) is 1. The van der Waals surface area contributed by atoms with E-state index in [0.29, 0.717) is 29.2 Å². The van der Waals surface area contributed by atoms with Crippen LogP contribution in [0.2, 0.25) is 0 Å². The van der Waals surface area contributed by atoms with Crippen molar-refractivity contribution in [2.75, 3.05) is 38.4 Å². The molecule has 0 amide bonds. The van der Waals surface area contributed by atoms with Gasteiger partial charge in [-0.25, -0.2) is 23.1 Å². The van der Waals surface area contributed by atoms with Gasteiger partial charge in [-0.2, -0.15) is 0 Å². The third-order valence-electron chi connectivity index (χ3n) is 6.96. The van der Waals surface area contributed by atoms with Crippen molar-refractivity contribution in [2.45, 2.75) is 66.3 Å². The van der Waals surface area contributed by atoms with Gasteiger partial charge in [0.2, 0.25) is 5.95 Å². The molecule has 2 aromatic carbocycles. The molecule has 0 saturated carbocycles. The van der Waals surface area contributed by atoms with Crippen molar-refractivity contribution in [3.8, 4) is 0 Å². The van der Waals surface area contributed by atoms with Crippen LogP contribution >= 0.6 is 0 Å². The van der Waals surface area contributed by atoms with Crippen LogP contribution < -0.4 is 16.4 Å². The zero-order valence-corrected chi connectivity index (χ0v) is 28.0. The predicted molar refractivity (Wildman–Crippen MR) is 187 cm³/mol.